The maximum Gasteiger partial charge on any atom is 0.337 e. The van der Waals surface area contributed by atoms with Crippen LogP contribution in [0, 0.1) is 10.1 Å². The fraction of sp³-hybridized carbons (Fsp3) is 0.455. The van der Waals surface area contributed by atoms with Crippen LogP contribution in [-0.2, 0) is 23.8 Å². The first-order valence-corrected chi connectivity index (χ1v) is 9.78. The van der Waals surface area contributed by atoms with Gasteiger partial charge in [-0.1, -0.05) is 12.1 Å². The van der Waals surface area contributed by atoms with Crippen molar-refractivity contribution >= 4 is 17.6 Å². The second kappa shape index (κ2) is 9.74. The molecule has 1 N–H and O–H groups in total. The molecule has 1 atom stereocenters. The first-order valence-electron chi connectivity index (χ1n) is 9.78. The Morgan fingerprint density at radius 1 is 1.10 bits per heavy atom. The van der Waals surface area contributed by atoms with Gasteiger partial charge in [-0.2, -0.15) is 0 Å². The number of ether oxygens (including phenoxy) is 3. The van der Waals surface area contributed by atoms with Crippen molar-refractivity contribution in [3.63, 3.8) is 0 Å². The summed E-state index contributed by atoms with van der Waals surface area (Å²) in [5.41, 5.74) is 0.853. The fourth-order valence-electron chi connectivity index (χ4n) is 3.31. The van der Waals surface area contributed by atoms with Crippen LogP contribution in [-0.4, -0.2) is 42.8 Å². The third-order valence-corrected chi connectivity index (χ3v) is 4.53. The molecule has 0 amide bonds. The van der Waals surface area contributed by atoms with Crippen LogP contribution in [0.3, 0.4) is 0 Å². The second-order valence-corrected chi connectivity index (χ2v) is 8.12. The molecule has 0 aromatic heterocycles. The van der Waals surface area contributed by atoms with Crippen molar-refractivity contribution in [3.8, 4) is 0 Å². The molecule has 0 radical (unpaired) electrons. The van der Waals surface area contributed by atoms with Gasteiger partial charge in [0.15, 0.2) is 0 Å². The summed E-state index contributed by atoms with van der Waals surface area (Å²) in [5, 5.41) is 14.4. The Labute approximate surface area is 181 Å². The summed E-state index contributed by atoms with van der Waals surface area (Å²) >= 11 is 0. The number of hydrogen-bond donors (Lipinski definition) is 1. The molecule has 0 bridgehead atoms. The minimum atomic E-state index is -0.897. The van der Waals surface area contributed by atoms with Gasteiger partial charge in [-0.25, -0.2) is 9.59 Å². The van der Waals surface area contributed by atoms with E-state index in [0.29, 0.717) is 17.0 Å². The van der Waals surface area contributed by atoms with E-state index >= 15 is 0 Å². The molecule has 0 saturated carbocycles. The summed E-state index contributed by atoms with van der Waals surface area (Å²) in [5.74, 6) is -2.16. The molecule has 1 aliphatic rings. The molecule has 1 aromatic rings. The highest BCUT2D eigenvalue weighted by molar-refractivity contribution is 6.00. The highest BCUT2D eigenvalue weighted by Crippen LogP contribution is 2.40. The third-order valence-electron chi connectivity index (χ3n) is 4.53. The fourth-order valence-corrected chi connectivity index (χ4v) is 3.31. The monoisotopic (exact) mass is 432 g/mol. The number of rotatable bonds is 7. The number of nitro benzene ring substituents is 1. The smallest absolute Gasteiger partial charge is 0.337 e. The van der Waals surface area contributed by atoms with Gasteiger partial charge in [-0.3, -0.25) is 10.1 Å². The Kier molecular flexibility index (Phi) is 7.56. The summed E-state index contributed by atoms with van der Waals surface area (Å²) in [6.07, 6.45) is 0. The van der Waals surface area contributed by atoms with Crippen molar-refractivity contribution < 1.29 is 28.7 Å². The van der Waals surface area contributed by atoms with Crippen molar-refractivity contribution in [2.75, 3.05) is 20.3 Å². The lowest BCUT2D eigenvalue weighted by atomic mass is 9.80. The van der Waals surface area contributed by atoms with E-state index in [4.69, 9.17) is 14.2 Å². The van der Waals surface area contributed by atoms with E-state index in [9.17, 15) is 19.7 Å². The van der Waals surface area contributed by atoms with E-state index in [2.05, 4.69) is 5.32 Å². The Balaban J connectivity index is 2.62. The van der Waals surface area contributed by atoms with E-state index in [1.54, 1.807) is 40.7 Å². The molecule has 0 unspecified atom stereocenters. The second-order valence-electron chi connectivity index (χ2n) is 8.12. The number of esters is 2. The predicted molar refractivity (Wildman–Crippen MR) is 113 cm³/mol. The van der Waals surface area contributed by atoms with E-state index in [0.717, 1.165) is 0 Å². The SMILES string of the molecule is COCCOC(=O)C1=C(C)NC(C)=C(C(=O)OC(C)(C)C)[C@@H]1c1cccc([N+](=O)[O-])c1. The van der Waals surface area contributed by atoms with Crippen LogP contribution >= 0.6 is 0 Å². The van der Waals surface area contributed by atoms with Crippen LogP contribution in [0.1, 0.15) is 46.1 Å². The molecular weight excluding hydrogens is 404 g/mol. The molecule has 0 aliphatic carbocycles. The molecule has 31 heavy (non-hydrogen) atoms. The number of carbonyl (C=O) groups is 2. The molecule has 9 heteroatoms. The van der Waals surface area contributed by atoms with E-state index < -0.39 is 28.4 Å². The molecule has 1 aliphatic heterocycles. The zero-order valence-corrected chi connectivity index (χ0v) is 18.6. The van der Waals surface area contributed by atoms with Crippen LogP contribution in [0.4, 0.5) is 5.69 Å². The lowest BCUT2D eigenvalue weighted by Gasteiger charge is -2.32. The Morgan fingerprint density at radius 3 is 2.26 bits per heavy atom. The van der Waals surface area contributed by atoms with Gasteiger partial charge in [0.25, 0.3) is 5.69 Å². The molecule has 168 valence electrons. The number of benzene rings is 1. The molecule has 0 fully saturated rings. The number of nitrogens with one attached hydrogen (secondary N) is 1. The van der Waals surface area contributed by atoms with Gasteiger partial charge in [0.05, 0.1) is 28.6 Å². The average Bonchev–Trinajstić information content (AvgIpc) is 2.66. The number of hydrogen-bond acceptors (Lipinski definition) is 8. The number of carbonyl (C=O) groups excluding carboxylic acids is 2. The van der Waals surface area contributed by atoms with Crippen molar-refractivity contribution in [1.82, 2.24) is 5.32 Å². The Bertz CT molecular complexity index is 941. The van der Waals surface area contributed by atoms with Crippen LogP contribution < -0.4 is 5.32 Å². The van der Waals surface area contributed by atoms with Gasteiger partial charge in [0, 0.05) is 30.6 Å². The highest BCUT2D eigenvalue weighted by Gasteiger charge is 2.39. The van der Waals surface area contributed by atoms with Crippen LogP contribution in [0.2, 0.25) is 0 Å². The number of methoxy groups -OCH3 is 1. The van der Waals surface area contributed by atoms with E-state index in [1.807, 2.05) is 0 Å². The predicted octanol–water partition coefficient (Wildman–Crippen LogP) is 3.36. The summed E-state index contributed by atoms with van der Waals surface area (Å²) in [4.78, 5) is 36.9. The Hall–Kier alpha value is -3.20. The number of allylic oxidation sites excluding steroid dienone is 2. The minimum absolute atomic E-state index is 0.0260. The zero-order valence-electron chi connectivity index (χ0n) is 18.6. The van der Waals surface area contributed by atoms with Crippen LogP contribution in [0.25, 0.3) is 0 Å². The number of dihydropyridines is 1. The van der Waals surface area contributed by atoms with Gasteiger partial charge in [-0.15, -0.1) is 0 Å². The summed E-state index contributed by atoms with van der Waals surface area (Å²) in [6, 6.07) is 5.85. The molecule has 0 spiro atoms. The van der Waals surface area contributed by atoms with Crippen molar-refractivity contribution in [2.45, 2.75) is 46.1 Å². The molecule has 1 heterocycles. The van der Waals surface area contributed by atoms with Crippen LogP contribution in [0.15, 0.2) is 46.8 Å². The lowest BCUT2D eigenvalue weighted by molar-refractivity contribution is -0.384. The topological polar surface area (TPSA) is 117 Å². The molecular formula is C22H28N2O7. The average molecular weight is 432 g/mol. The van der Waals surface area contributed by atoms with Crippen LogP contribution in [0.5, 0.6) is 0 Å². The van der Waals surface area contributed by atoms with Gasteiger partial charge in [0.1, 0.15) is 12.2 Å². The van der Waals surface area contributed by atoms with E-state index in [1.165, 1.54) is 25.3 Å². The highest BCUT2D eigenvalue weighted by atomic mass is 16.6. The number of nitro groups is 1. The maximum atomic E-state index is 13.1. The van der Waals surface area contributed by atoms with Gasteiger partial charge in [-0.05, 0) is 40.2 Å². The first-order chi connectivity index (χ1) is 14.5. The standard InChI is InChI=1S/C22H28N2O7/c1-13-17(20(25)30-11-10-29-6)19(15-8-7-9-16(12-15)24(27)28)18(14(2)23-13)21(26)31-22(3,4)5/h7-9,12,19,23H,10-11H2,1-6H3/t19-/m1/s1. The molecule has 1 aromatic carbocycles. The van der Waals surface area contributed by atoms with Crippen molar-refractivity contribution in [2.24, 2.45) is 0 Å². The molecule has 2 rings (SSSR count). The first kappa shape index (κ1) is 24.1. The third kappa shape index (κ3) is 5.91. The summed E-state index contributed by atoms with van der Waals surface area (Å²) in [7, 11) is 1.49. The molecule has 0 saturated heterocycles. The van der Waals surface area contributed by atoms with Gasteiger partial charge >= 0.3 is 11.9 Å². The number of nitrogens with zero attached hydrogens (tertiary/aromatic N) is 1. The normalized spacial score (nSPS) is 16.6. The number of non-ortho nitro benzene ring substituents is 1. The maximum absolute atomic E-state index is 13.1. The lowest BCUT2D eigenvalue weighted by Crippen LogP contribution is -2.35. The zero-order chi connectivity index (χ0) is 23.3. The van der Waals surface area contributed by atoms with Gasteiger partial charge < -0.3 is 19.5 Å². The summed E-state index contributed by atoms with van der Waals surface area (Å²) in [6.45, 7) is 8.83. The van der Waals surface area contributed by atoms with E-state index in [-0.39, 0.29) is 30.0 Å². The van der Waals surface area contributed by atoms with Crippen molar-refractivity contribution in [3.05, 3.63) is 62.5 Å². The molecule has 9 nitrogen and oxygen atoms in total. The van der Waals surface area contributed by atoms with Gasteiger partial charge in [0.2, 0.25) is 0 Å². The summed E-state index contributed by atoms with van der Waals surface area (Å²) < 4.78 is 15.8. The Morgan fingerprint density at radius 2 is 1.71 bits per heavy atom. The quantitative estimate of drug-likeness (QED) is 0.302. The minimum Gasteiger partial charge on any atom is -0.460 e. The van der Waals surface area contributed by atoms with Crippen molar-refractivity contribution in [1.29, 1.82) is 0 Å². The largest absolute Gasteiger partial charge is 0.460 e.